The van der Waals surface area contributed by atoms with Gasteiger partial charge in [0.05, 0.1) is 17.0 Å². The highest BCUT2D eigenvalue weighted by Crippen LogP contribution is 2.32. The van der Waals surface area contributed by atoms with Crippen LogP contribution in [-0.4, -0.2) is 26.6 Å². The molecule has 0 unspecified atom stereocenters. The Morgan fingerprint density at radius 3 is 2.50 bits per heavy atom. The lowest BCUT2D eigenvalue weighted by Gasteiger charge is -2.11. The summed E-state index contributed by atoms with van der Waals surface area (Å²) in [6, 6.07) is 5.44. The van der Waals surface area contributed by atoms with Gasteiger partial charge in [-0.2, -0.15) is 5.10 Å². The first-order valence-electron chi connectivity index (χ1n) is 10.4. The van der Waals surface area contributed by atoms with Gasteiger partial charge in [0.1, 0.15) is 9.88 Å². The number of carbonyl (C=O) groups is 2. The summed E-state index contributed by atoms with van der Waals surface area (Å²) >= 11 is 1.18. The van der Waals surface area contributed by atoms with Crippen LogP contribution in [0, 0.1) is 33.6 Å². The van der Waals surface area contributed by atoms with E-state index in [4.69, 9.17) is 0 Å². The van der Waals surface area contributed by atoms with E-state index < -0.39 is 0 Å². The third kappa shape index (κ3) is 4.20. The van der Waals surface area contributed by atoms with Gasteiger partial charge in [-0.25, -0.2) is 9.67 Å². The molecule has 0 aliphatic heterocycles. The van der Waals surface area contributed by atoms with E-state index in [0.29, 0.717) is 32.5 Å². The molecule has 1 aliphatic carbocycles. The summed E-state index contributed by atoms with van der Waals surface area (Å²) in [7, 11) is 1.60. The van der Waals surface area contributed by atoms with Crippen molar-refractivity contribution in [2.24, 2.45) is 13.0 Å². The Labute approximate surface area is 189 Å². The number of aromatic nitrogens is 3. The zero-order valence-electron chi connectivity index (χ0n) is 18.7. The van der Waals surface area contributed by atoms with Gasteiger partial charge in [0, 0.05) is 24.3 Å². The molecule has 1 aliphatic rings. The van der Waals surface area contributed by atoms with E-state index in [1.807, 2.05) is 32.9 Å². The van der Waals surface area contributed by atoms with Crippen molar-refractivity contribution in [3.63, 3.8) is 0 Å². The number of thiazole rings is 1. The van der Waals surface area contributed by atoms with E-state index in [1.54, 1.807) is 20.0 Å². The number of aryl methyl sites for hydroxylation is 4. The van der Waals surface area contributed by atoms with Gasteiger partial charge in [-0.05, 0) is 63.8 Å². The number of benzene rings is 1. The number of carbonyl (C=O) groups excluding carboxylic acids is 2. The molecule has 166 valence electrons. The Morgan fingerprint density at radius 2 is 1.81 bits per heavy atom. The normalized spacial score (nSPS) is 13.2. The van der Waals surface area contributed by atoms with Crippen molar-refractivity contribution in [3.8, 4) is 10.6 Å². The maximum absolute atomic E-state index is 13.1. The number of rotatable bonds is 5. The largest absolute Gasteiger partial charge is 0.326 e. The maximum atomic E-state index is 13.1. The Bertz CT molecular complexity index is 1300. The van der Waals surface area contributed by atoms with Gasteiger partial charge in [0.25, 0.3) is 11.5 Å². The van der Waals surface area contributed by atoms with Crippen molar-refractivity contribution in [3.05, 3.63) is 55.9 Å². The minimum absolute atomic E-state index is 0.0127. The first-order chi connectivity index (χ1) is 15.2. The predicted molar refractivity (Wildman–Crippen MR) is 125 cm³/mol. The van der Waals surface area contributed by atoms with Gasteiger partial charge in [0.2, 0.25) is 5.91 Å². The summed E-state index contributed by atoms with van der Waals surface area (Å²) in [5.41, 5.74) is 4.40. The summed E-state index contributed by atoms with van der Waals surface area (Å²) in [5.74, 6) is -0.195. The van der Waals surface area contributed by atoms with Crippen LogP contribution in [0.3, 0.4) is 0 Å². The second-order valence-electron chi connectivity index (χ2n) is 8.20. The van der Waals surface area contributed by atoms with E-state index in [2.05, 4.69) is 20.7 Å². The maximum Gasteiger partial charge on any atom is 0.277 e. The van der Waals surface area contributed by atoms with Crippen molar-refractivity contribution in [2.75, 3.05) is 10.6 Å². The molecule has 9 heteroatoms. The number of nitrogens with zero attached hydrogens (tertiary/aromatic N) is 3. The molecular weight excluding hydrogens is 426 g/mol. The Kier molecular flexibility index (Phi) is 5.68. The van der Waals surface area contributed by atoms with Crippen LogP contribution in [0.5, 0.6) is 0 Å². The second-order valence-corrected chi connectivity index (χ2v) is 9.19. The first-order valence-corrected chi connectivity index (χ1v) is 11.2. The number of amides is 2. The van der Waals surface area contributed by atoms with Gasteiger partial charge < -0.3 is 10.6 Å². The highest BCUT2D eigenvalue weighted by molar-refractivity contribution is 7.17. The molecule has 0 spiro atoms. The average molecular weight is 452 g/mol. The zero-order valence-corrected chi connectivity index (χ0v) is 19.5. The van der Waals surface area contributed by atoms with Crippen molar-refractivity contribution in [1.29, 1.82) is 0 Å². The molecule has 32 heavy (non-hydrogen) atoms. The van der Waals surface area contributed by atoms with Crippen LogP contribution in [0.2, 0.25) is 0 Å². The standard InChI is InChI=1S/C23H25N5O3S/c1-11-6-9-16(25-20(29)15-7-8-15)10-17(11)26-21(30)19-14(4)24-22(32-19)18-12(2)13(3)27-28(5)23(18)31/h6,9-10,15H,7-8H2,1-5H3,(H,25,29)(H,26,30). The van der Waals surface area contributed by atoms with E-state index in [9.17, 15) is 14.4 Å². The van der Waals surface area contributed by atoms with Crippen LogP contribution in [0.1, 0.15) is 45.0 Å². The van der Waals surface area contributed by atoms with Crippen LogP contribution in [0.15, 0.2) is 23.0 Å². The Hall–Kier alpha value is -3.33. The first kappa shape index (κ1) is 21.9. The lowest BCUT2D eigenvalue weighted by molar-refractivity contribution is -0.117. The monoisotopic (exact) mass is 451 g/mol. The lowest BCUT2D eigenvalue weighted by Crippen LogP contribution is -2.23. The molecule has 2 amide bonds. The molecule has 0 atom stereocenters. The summed E-state index contributed by atoms with van der Waals surface area (Å²) in [4.78, 5) is 42.8. The highest BCUT2D eigenvalue weighted by atomic mass is 32.1. The predicted octanol–water partition coefficient (Wildman–Crippen LogP) is 3.74. The smallest absolute Gasteiger partial charge is 0.277 e. The third-order valence-electron chi connectivity index (χ3n) is 5.64. The Morgan fingerprint density at radius 1 is 1.09 bits per heavy atom. The second kappa shape index (κ2) is 8.31. The zero-order chi connectivity index (χ0) is 23.2. The molecule has 4 rings (SSSR count). The molecule has 0 bridgehead atoms. The molecule has 2 heterocycles. The average Bonchev–Trinajstić information content (AvgIpc) is 3.52. The number of anilines is 2. The van der Waals surface area contributed by atoms with Crippen LogP contribution < -0.4 is 16.2 Å². The molecule has 2 aromatic heterocycles. The van der Waals surface area contributed by atoms with Crippen molar-refractivity contribution < 1.29 is 9.59 Å². The topological polar surface area (TPSA) is 106 Å². The number of hydrogen-bond donors (Lipinski definition) is 2. The van der Waals surface area contributed by atoms with Gasteiger partial charge in [-0.3, -0.25) is 14.4 Å². The lowest BCUT2D eigenvalue weighted by atomic mass is 10.1. The van der Waals surface area contributed by atoms with Gasteiger partial charge in [0.15, 0.2) is 0 Å². The summed E-state index contributed by atoms with van der Waals surface area (Å²) in [5, 5.41) is 10.5. The summed E-state index contributed by atoms with van der Waals surface area (Å²) in [6.45, 7) is 7.31. The van der Waals surface area contributed by atoms with Gasteiger partial charge >= 0.3 is 0 Å². The van der Waals surface area contributed by atoms with Gasteiger partial charge in [-0.15, -0.1) is 11.3 Å². The fourth-order valence-electron chi connectivity index (χ4n) is 3.42. The molecular formula is C23H25N5O3S. The summed E-state index contributed by atoms with van der Waals surface area (Å²) < 4.78 is 1.29. The molecule has 2 N–H and O–H groups in total. The van der Waals surface area contributed by atoms with Crippen LogP contribution >= 0.6 is 11.3 Å². The van der Waals surface area contributed by atoms with Crippen LogP contribution in [-0.2, 0) is 11.8 Å². The minimum atomic E-state index is -0.305. The van der Waals surface area contributed by atoms with E-state index in [-0.39, 0.29) is 23.3 Å². The molecule has 0 radical (unpaired) electrons. The number of hydrogen-bond acceptors (Lipinski definition) is 6. The molecule has 1 fully saturated rings. The van der Waals surface area contributed by atoms with E-state index in [1.165, 1.54) is 16.0 Å². The minimum Gasteiger partial charge on any atom is -0.326 e. The molecule has 0 saturated heterocycles. The van der Waals surface area contributed by atoms with Crippen molar-refractivity contribution in [1.82, 2.24) is 14.8 Å². The molecule has 8 nitrogen and oxygen atoms in total. The van der Waals surface area contributed by atoms with Crippen LogP contribution in [0.25, 0.3) is 10.6 Å². The summed E-state index contributed by atoms with van der Waals surface area (Å²) in [6.07, 6.45) is 1.85. The molecule has 1 saturated carbocycles. The molecule has 3 aromatic rings. The third-order valence-corrected chi connectivity index (χ3v) is 6.82. The fraction of sp³-hybridized carbons (Fsp3) is 0.348. The van der Waals surface area contributed by atoms with Crippen molar-refractivity contribution >= 4 is 34.5 Å². The molecule has 1 aromatic carbocycles. The van der Waals surface area contributed by atoms with Crippen LogP contribution in [0.4, 0.5) is 11.4 Å². The Balaban J connectivity index is 1.61. The quantitative estimate of drug-likeness (QED) is 0.615. The highest BCUT2D eigenvalue weighted by Gasteiger charge is 2.29. The van der Waals surface area contributed by atoms with E-state index in [0.717, 1.165) is 29.7 Å². The number of nitrogens with one attached hydrogen (secondary N) is 2. The SMILES string of the molecule is Cc1ccc(NC(=O)C2CC2)cc1NC(=O)c1sc(-c2c(C)c(C)nn(C)c2=O)nc1C. The fourth-order valence-corrected chi connectivity index (χ4v) is 4.47. The van der Waals surface area contributed by atoms with E-state index >= 15 is 0 Å². The van der Waals surface area contributed by atoms with Crippen molar-refractivity contribution in [2.45, 2.75) is 40.5 Å². The van der Waals surface area contributed by atoms with Gasteiger partial charge in [-0.1, -0.05) is 6.07 Å².